The van der Waals surface area contributed by atoms with Crippen LogP contribution in [0.2, 0.25) is 0 Å². The summed E-state index contributed by atoms with van der Waals surface area (Å²) in [5.74, 6) is 0. The lowest BCUT2D eigenvalue weighted by atomic mass is 9.97. The maximum Gasteiger partial charge on any atom is 0.0346 e. The van der Waals surface area contributed by atoms with Crippen LogP contribution in [0.1, 0.15) is 31.7 Å². The number of rotatable bonds is 5. The Bertz CT molecular complexity index is 448. The summed E-state index contributed by atoms with van der Waals surface area (Å²) < 4.78 is 0. The summed E-state index contributed by atoms with van der Waals surface area (Å²) >= 11 is 0. The molecule has 0 saturated heterocycles. The number of unbranched alkanes of at least 4 members (excludes halogenated alkanes) is 2. The average molecular weight is 225 g/mol. The van der Waals surface area contributed by atoms with Crippen molar-refractivity contribution in [2.75, 3.05) is 0 Å². The summed E-state index contributed by atoms with van der Waals surface area (Å²) in [5.41, 5.74) is 3.99. The molecule has 0 aliphatic carbocycles. The highest BCUT2D eigenvalue weighted by Crippen LogP contribution is 2.24. The Morgan fingerprint density at radius 1 is 1.00 bits per heavy atom. The zero-order valence-corrected chi connectivity index (χ0v) is 10.4. The lowest BCUT2D eigenvalue weighted by Crippen LogP contribution is -1.90. The van der Waals surface area contributed by atoms with E-state index in [0.717, 1.165) is 0 Å². The molecule has 1 heterocycles. The maximum absolute atomic E-state index is 4.20. The maximum atomic E-state index is 4.20. The summed E-state index contributed by atoms with van der Waals surface area (Å²) in [6, 6.07) is 12.8. The number of nitrogens with zero attached hydrogens (tertiary/aromatic N) is 1. The van der Waals surface area contributed by atoms with Crippen LogP contribution in [0, 0.1) is 0 Å². The number of pyridine rings is 1. The van der Waals surface area contributed by atoms with E-state index in [1.807, 2.05) is 18.5 Å². The Labute approximate surface area is 104 Å². The molecule has 0 radical (unpaired) electrons. The highest BCUT2D eigenvalue weighted by Gasteiger charge is 2.03. The first kappa shape index (κ1) is 11.8. The summed E-state index contributed by atoms with van der Waals surface area (Å²) in [6.45, 7) is 2.24. The first-order valence-electron chi connectivity index (χ1n) is 6.40. The van der Waals surface area contributed by atoms with Crippen LogP contribution in [0.15, 0.2) is 48.8 Å². The van der Waals surface area contributed by atoms with Gasteiger partial charge in [-0.1, -0.05) is 50.1 Å². The normalized spacial score (nSPS) is 10.4. The molecule has 0 spiro atoms. The van der Waals surface area contributed by atoms with Crippen molar-refractivity contribution in [2.24, 2.45) is 0 Å². The predicted molar refractivity (Wildman–Crippen MR) is 72.9 cm³/mol. The Balaban J connectivity index is 2.22. The molecule has 0 saturated carbocycles. The molecule has 1 heteroatoms. The van der Waals surface area contributed by atoms with Crippen molar-refractivity contribution < 1.29 is 0 Å². The van der Waals surface area contributed by atoms with Crippen molar-refractivity contribution in [2.45, 2.75) is 32.6 Å². The van der Waals surface area contributed by atoms with Crippen molar-refractivity contribution in [1.82, 2.24) is 4.98 Å². The fraction of sp³-hybridized carbons (Fsp3) is 0.312. The smallest absolute Gasteiger partial charge is 0.0346 e. The number of aryl methyl sites for hydroxylation is 1. The van der Waals surface area contributed by atoms with Gasteiger partial charge in [0.2, 0.25) is 0 Å². The Hall–Kier alpha value is -1.63. The second-order valence-electron chi connectivity index (χ2n) is 4.36. The van der Waals surface area contributed by atoms with Gasteiger partial charge in [0, 0.05) is 18.0 Å². The second-order valence-corrected chi connectivity index (χ2v) is 4.36. The standard InChI is InChI=1S/C16H19N/c1-2-3-4-8-14-9-5-6-11-16(14)15-10-7-12-17-13-15/h5-7,9-13H,2-4,8H2,1H3. The van der Waals surface area contributed by atoms with Gasteiger partial charge in [0.1, 0.15) is 0 Å². The summed E-state index contributed by atoms with van der Waals surface area (Å²) in [7, 11) is 0. The van der Waals surface area contributed by atoms with Crippen molar-refractivity contribution in [3.05, 3.63) is 54.4 Å². The van der Waals surface area contributed by atoms with E-state index in [0.29, 0.717) is 0 Å². The molecule has 0 fully saturated rings. The van der Waals surface area contributed by atoms with Crippen molar-refractivity contribution in [3.63, 3.8) is 0 Å². The molecular weight excluding hydrogens is 206 g/mol. The Kier molecular flexibility index (Phi) is 4.31. The molecule has 88 valence electrons. The number of hydrogen-bond donors (Lipinski definition) is 0. The Morgan fingerprint density at radius 3 is 2.65 bits per heavy atom. The van der Waals surface area contributed by atoms with Crippen LogP contribution in [0.25, 0.3) is 11.1 Å². The lowest BCUT2D eigenvalue weighted by Gasteiger charge is -2.08. The molecule has 1 nitrogen and oxygen atoms in total. The van der Waals surface area contributed by atoms with Crippen molar-refractivity contribution >= 4 is 0 Å². The first-order valence-corrected chi connectivity index (χ1v) is 6.40. The molecule has 0 atom stereocenters. The molecule has 0 bridgehead atoms. The molecule has 0 aliphatic heterocycles. The van der Waals surface area contributed by atoms with E-state index in [2.05, 4.69) is 42.2 Å². The quantitative estimate of drug-likeness (QED) is 0.684. The minimum atomic E-state index is 1.17. The van der Waals surface area contributed by atoms with Gasteiger partial charge in [-0.3, -0.25) is 4.98 Å². The van der Waals surface area contributed by atoms with Crippen LogP contribution in [0.5, 0.6) is 0 Å². The Morgan fingerprint density at radius 2 is 1.88 bits per heavy atom. The van der Waals surface area contributed by atoms with Crippen LogP contribution < -0.4 is 0 Å². The van der Waals surface area contributed by atoms with E-state index in [-0.39, 0.29) is 0 Å². The number of hydrogen-bond acceptors (Lipinski definition) is 1. The van der Waals surface area contributed by atoms with Gasteiger partial charge in [-0.05, 0) is 30.0 Å². The van der Waals surface area contributed by atoms with E-state index in [1.165, 1.54) is 42.4 Å². The fourth-order valence-electron chi connectivity index (χ4n) is 2.11. The van der Waals surface area contributed by atoms with E-state index in [4.69, 9.17) is 0 Å². The largest absolute Gasteiger partial charge is 0.264 e. The monoisotopic (exact) mass is 225 g/mol. The predicted octanol–water partition coefficient (Wildman–Crippen LogP) is 4.48. The molecule has 17 heavy (non-hydrogen) atoms. The van der Waals surface area contributed by atoms with E-state index in [9.17, 15) is 0 Å². The van der Waals surface area contributed by atoms with Gasteiger partial charge in [-0.25, -0.2) is 0 Å². The molecule has 0 amide bonds. The van der Waals surface area contributed by atoms with Gasteiger partial charge in [-0.2, -0.15) is 0 Å². The second kappa shape index (κ2) is 6.19. The zero-order chi connectivity index (χ0) is 11.9. The minimum absolute atomic E-state index is 1.17. The third kappa shape index (κ3) is 3.16. The van der Waals surface area contributed by atoms with E-state index < -0.39 is 0 Å². The van der Waals surface area contributed by atoms with Gasteiger partial charge in [0.15, 0.2) is 0 Å². The minimum Gasteiger partial charge on any atom is -0.264 e. The fourth-order valence-corrected chi connectivity index (χ4v) is 2.11. The third-order valence-corrected chi connectivity index (χ3v) is 3.04. The summed E-state index contributed by atoms with van der Waals surface area (Å²) in [5, 5.41) is 0. The lowest BCUT2D eigenvalue weighted by molar-refractivity contribution is 0.718. The van der Waals surface area contributed by atoms with E-state index in [1.54, 1.807) is 0 Å². The van der Waals surface area contributed by atoms with E-state index >= 15 is 0 Å². The van der Waals surface area contributed by atoms with Crippen LogP contribution in [0.4, 0.5) is 0 Å². The summed E-state index contributed by atoms with van der Waals surface area (Å²) in [4.78, 5) is 4.20. The van der Waals surface area contributed by atoms with Crippen molar-refractivity contribution in [3.8, 4) is 11.1 Å². The van der Waals surface area contributed by atoms with Gasteiger partial charge in [0.05, 0.1) is 0 Å². The molecular formula is C16H19N. The van der Waals surface area contributed by atoms with Gasteiger partial charge in [-0.15, -0.1) is 0 Å². The van der Waals surface area contributed by atoms with Gasteiger partial charge in [0.25, 0.3) is 0 Å². The molecule has 2 rings (SSSR count). The molecule has 1 aromatic carbocycles. The summed E-state index contributed by atoms with van der Waals surface area (Å²) in [6.07, 6.45) is 8.78. The number of aromatic nitrogens is 1. The molecule has 1 aromatic heterocycles. The van der Waals surface area contributed by atoms with Crippen LogP contribution in [-0.2, 0) is 6.42 Å². The van der Waals surface area contributed by atoms with Crippen LogP contribution >= 0.6 is 0 Å². The first-order chi connectivity index (χ1) is 8.42. The van der Waals surface area contributed by atoms with Crippen LogP contribution in [0.3, 0.4) is 0 Å². The van der Waals surface area contributed by atoms with Gasteiger partial charge < -0.3 is 0 Å². The van der Waals surface area contributed by atoms with Crippen molar-refractivity contribution in [1.29, 1.82) is 0 Å². The SMILES string of the molecule is CCCCCc1ccccc1-c1cccnc1. The third-order valence-electron chi connectivity index (χ3n) is 3.04. The van der Waals surface area contributed by atoms with Gasteiger partial charge >= 0.3 is 0 Å². The molecule has 0 N–H and O–H groups in total. The molecule has 0 aliphatic rings. The zero-order valence-electron chi connectivity index (χ0n) is 10.4. The highest BCUT2D eigenvalue weighted by atomic mass is 14.6. The van der Waals surface area contributed by atoms with Crippen LogP contribution in [-0.4, -0.2) is 4.98 Å². The number of benzene rings is 1. The topological polar surface area (TPSA) is 12.9 Å². The molecule has 0 unspecified atom stereocenters. The molecule has 2 aromatic rings. The average Bonchev–Trinajstić information content (AvgIpc) is 2.41. The highest BCUT2D eigenvalue weighted by molar-refractivity contribution is 5.66.